The number of aliphatic hydroxyl groups excluding tert-OH is 2. The molecule has 0 unspecified atom stereocenters. The second-order valence-electron chi connectivity index (χ2n) is 22.2. The SMILES string of the molecule is CC[C@H](C)[C@H](NC(=O)[C@H](CC(=O)O)NC(=O)[C@H](CCCCN=C(CC(C)C)C1=C(O)CC(C)(C)CC1=O)NC(=O)[C@H](CCCN=C(N)N)NC(=O)[C@@H](N)CC(C)C)C(=O)N[C@H](C(=O)N[C@@H](CSCNC(C)=O)C(=O)NCC(=O)O)[C@@H](C)O. The Morgan fingerprint density at radius 1 is 0.646 bits per heavy atom. The van der Waals surface area contributed by atoms with Gasteiger partial charge in [-0.1, -0.05) is 61.8 Å². The van der Waals surface area contributed by atoms with Gasteiger partial charge in [0.2, 0.25) is 47.3 Å². The molecule has 0 aromatic carbocycles. The molecular weight excluding hydrogens is 1090 g/mol. The Hall–Kier alpha value is -6.88. The maximum atomic E-state index is 14.5. The molecule has 0 aliphatic heterocycles. The summed E-state index contributed by atoms with van der Waals surface area (Å²) in [5, 5.41) is 60.3. The number of guanidine groups is 1. The monoisotopic (exact) mass is 1180 g/mol. The zero-order valence-electron chi connectivity index (χ0n) is 49.0. The van der Waals surface area contributed by atoms with Crippen LogP contribution < -0.4 is 59.7 Å². The highest BCUT2D eigenvalue weighted by Gasteiger charge is 2.38. The highest BCUT2D eigenvalue weighted by Crippen LogP contribution is 2.37. The Kier molecular flexibility index (Phi) is 32.6. The number of nitrogens with one attached hydrogen (secondary N) is 8. The van der Waals surface area contributed by atoms with Gasteiger partial charge in [-0.25, -0.2) is 0 Å². The van der Waals surface area contributed by atoms with E-state index in [0.717, 1.165) is 18.7 Å². The molecule has 0 aromatic heterocycles. The average Bonchev–Trinajstić information content (AvgIpc) is 3.48. The van der Waals surface area contributed by atoms with E-state index in [1.54, 1.807) is 13.8 Å². The fourth-order valence-corrected chi connectivity index (χ4v) is 9.34. The summed E-state index contributed by atoms with van der Waals surface area (Å²) in [6.07, 6.45) is -0.914. The third-order valence-electron chi connectivity index (χ3n) is 12.8. The molecular formula is C53H91N13O15S. The fraction of sp³-hybridized carbons (Fsp3) is 0.717. The number of carboxylic acids is 2. The summed E-state index contributed by atoms with van der Waals surface area (Å²) in [7, 11) is 0. The van der Waals surface area contributed by atoms with Crippen molar-refractivity contribution >= 4 is 88.4 Å². The minimum atomic E-state index is -1.91. The van der Waals surface area contributed by atoms with Crippen LogP contribution in [0.5, 0.6) is 0 Å². The summed E-state index contributed by atoms with van der Waals surface area (Å²) in [4.78, 5) is 154. The van der Waals surface area contributed by atoms with Crippen LogP contribution >= 0.6 is 11.8 Å². The molecule has 0 saturated carbocycles. The third kappa shape index (κ3) is 28.2. The molecule has 0 saturated heterocycles. The van der Waals surface area contributed by atoms with Crippen molar-refractivity contribution in [1.29, 1.82) is 0 Å². The number of hydrogen-bond donors (Lipinski definition) is 15. The van der Waals surface area contributed by atoms with E-state index in [4.69, 9.17) is 27.3 Å². The minimum Gasteiger partial charge on any atom is -0.511 e. The van der Waals surface area contributed by atoms with Crippen LogP contribution in [0.15, 0.2) is 21.3 Å². The van der Waals surface area contributed by atoms with Crippen LogP contribution in [-0.2, 0) is 52.7 Å². The first-order valence-corrected chi connectivity index (χ1v) is 28.7. The van der Waals surface area contributed by atoms with Gasteiger partial charge in [0.15, 0.2) is 11.7 Å². The van der Waals surface area contributed by atoms with E-state index in [0.29, 0.717) is 12.1 Å². The van der Waals surface area contributed by atoms with E-state index in [1.165, 1.54) is 6.92 Å². The lowest BCUT2D eigenvalue weighted by Gasteiger charge is -2.30. The molecule has 29 heteroatoms. The van der Waals surface area contributed by atoms with Crippen LogP contribution in [-0.4, -0.2) is 177 Å². The molecule has 0 fully saturated rings. The van der Waals surface area contributed by atoms with Gasteiger partial charge in [0, 0.05) is 44.3 Å². The predicted octanol–water partition coefficient (Wildman–Crippen LogP) is -0.890. The first-order chi connectivity index (χ1) is 38.2. The normalized spacial score (nSPS) is 16.6. The Morgan fingerprint density at radius 2 is 1.18 bits per heavy atom. The minimum absolute atomic E-state index is 0.00140. The molecule has 28 nitrogen and oxygen atoms in total. The van der Waals surface area contributed by atoms with Crippen molar-refractivity contribution < 1.29 is 73.2 Å². The van der Waals surface area contributed by atoms with Crippen LogP contribution in [0.4, 0.5) is 0 Å². The molecule has 9 atom stereocenters. The number of amides is 8. The summed E-state index contributed by atoms with van der Waals surface area (Å²) in [5.41, 5.74) is 17.3. The number of carbonyl (C=O) groups is 11. The average molecular weight is 1180 g/mol. The smallest absolute Gasteiger partial charge is 0.322 e. The number of nitrogens with two attached hydrogens (primary N) is 3. The first-order valence-electron chi connectivity index (χ1n) is 27.5. The molecule has 0 radical (unpaired) electrons. The van der Waals surface area contributed by atoms with Crippen molar-refractivity contribution in [2.24, 2.45) is 50.4 Å². The number of unbranched alkanes of at least 4 members (excludes halogenated alkanes) is 1. The molecule has 0 aromatic rings. The van der Waals surface area contributed by atoms with Gasteiger partial charge in [-0.2, -0.15) is 0 Å². The van der Waals surface area contributed by atoms with Gasteiger partial charge < -0.3 is 80.2 Å². The molecule has 0 heterocycles. The Bertz CT molecular complexity index is 2320. The van der Waals surface area contributed by atoms with E-state index in [2.05, 4.69) is 47.5 Å². The van der Waals surface area contributed by atoms with Crippen molar-refractivity contribution in [2.75, 3.05) is 31.3 Å². The summed E-state index contributed by atoms with van der Waals surface area (Å²) in [5.74, 6) is -11.6. The lowest BCUT2D eigenvalue weighted by atomic mass is 9.75. The van der Waals surface area contributed by atoms with Gasteiger partial charge in [0.25, 0.3) is 0 Å². The largest absolute Gasteiger partial charge is 0.511 e. The molecule has 8 amide bonds. The van der Waals surface area contributed by atoms with Gasteiger partial charge in [-0.15, -0.1) is 11.8 Å². The number of carboxylic acid groups (broad SMARTS) is 2. The van der Waals surface area contributed by atoms with Crippen LogP contribution in [0.1, 0.15) is 140 Å². The van der Waals surface area contributed by atoms with E-state index < -0.39 is 132 Å². The predicted molar refractivity (Wildman–Crippen MR) is 307 cm³/mol. The van der Waals surface area contributed by atoms with Crippen LogP contribution in [0.25, 0.3) is 0 Å². The third-order valence-corrected chi connectivity index (χ3v) is 13.8. The topological polar surface area (TPSA) is 468 Å². The summed E-state index contributed by atoms with van der Waals surface area (Å²) >= 11 is 0.987. The highest BCUT2D eigenvalue weighted by molar-refractivity contribution is 7.99. The van der Waals surface area contributed by atoms with Crippen molar-refractivity contribution in [1.82, 2.24) is 42.5 Å². The standard InChI is InChI=1S/C53H91N13O15S/c1-11-29(6)43(50(80)66-44(30(7)67)51(81)64-37(25-82-26-60-31(8)68)46(76)59-24-41(73)74)65-49(79)36(21-40(71)72)63-48(78)33(62-47(77)34(16-14-18-58-52(55)56)61-45(75)32(54)19-27(2)3)15-12-13-17-57-35(20-28(4)5)42-38(69)22-53(9,10)23-39(42)70/h27-30,32-34,36-37,43-44,67,69H,11-26,54H2,1-10H3,(H,59,76)(H,60,68)(H,61,75)(H,62,77)(H,63,78)(H,64,81)(H,65,79)(H,66,80)(H,71,72)(H,73,74)(H4,55,56,58)/t29-,30+,32-,33-,34-,36-,37-,43-,44-/m0/s1. The molecule has 0 spiro atoms. The number of Topliss-reactive ketones (excluding diaryl/α,β-unsaturated/α-hetero) is 1. The van der Waals surface area contributed by atoms with Gasteiger partial charge in [-0.3, -0.25) is 62.7 Å². The fourth-order valence-electron chi connectivity index (χ4n) is 8.45. The number of aliphatic carboxylic acids is 2. The number of nitrogens with zero attached hydrogens (tertiary/aromatic N) is 2. The van der Waals surface area contributed by atoms with Gasteiger partial charge in [0.05, 0.1) is 30.0 Å². The van der Waals surface area contributed by atoms with Crippen molar-refractivity contribution in [2.45, 2.75) is 188 Å². The second kappa shape index (κ2) is 36.6. The van der Waals surface area contributed by atoms with Crippen molar-refractivity contribution in [3.63, 3.8) is 0 Å². The second-order valence-corrected chi connectivity index (χ2v) is 23.2. The lowest BCUT2D eigenvalue weighted by molar-refractivity contribution is -0.142. The number of rotatable bonds is 38. The van der Waals surface area contributed by atoms with E-state index >= 15 is 0 Å². The van der Waals surface area contributed by atoms with E-state index in [9.17, 15) is 68.1 Å². The number of aliphatic hydroxyl groups is 2. The van der Waals surface area contributed by atoms with Gasteiger partial charge in [-0.05, 0) is 75.0 Å². The zero-order valence-corrected chi connectivity index (χ0v) is 49.8. The van der Waals surface area contributed by atoms with E-state index in [1.807, 2.05) is 41.5 Å². The Labute approximate surface area is 483 Å². The van der Waals surface area contributed by atoms with Crippen LogP contribution in [0.3, 0.4) is 0 Å². The van der Waals surface area contributed by atoms with Crippen molar-refractivity contribution in [3.8, 4) is 0 Å². The molecule has 464 valence electrons. The summed E-state index contributed by atoms with van der Waals surface area (Å²) < 4.78 is 0. The quantitative estimate of drug-likeness (QED) is 0.0154. The highest BCUT2D eigenvalue weighted by atomic mass is 32.2. The van der Waals surface area contributed by atoms with Gasteiger partial charge in [0.1, 0.15) is 48.6 Å². The molecule has 1 aliphatic carbocycles. The number of aliphatic imine (C=N–C) groups is 2. The van der Waals surface area contributed by atoms with E-state index in [-0.39, 0.29) is 117 Å². The summed E-state index contributed by atoms with van der Waals surface area (Å²) in [6.45, 7) is 16.3. The molecule has 1 rings (SSSR count). The van der Waals surface area contributed by atoms with Gasteiger partial charge >= 0.3 is 11.9 Å². The lowest BCUT2D eigenvalue weighted by Crippen LogP contribution is -2.62. The Morgan fingerprint density at radius 3 is 1.71 bits per heavy atom. The Balaban J connectivity index is 3.70. The van der Waals surface area contributed by atoms with Crippen LogP contribution in [0, 0.1) is 23.2 Å². The number of hydrogen-bond acceptors (Lipinski definition) is 17. The van der Waals surface area contributed by atoms with Crippen molar-refractivity contribution in [3.05, 3.63) is 11.3 Å². The number of carbonyl (C=O) groups excluding carboxylic acids is 9. The molecule has 18 N–H and O–H groups in total. The molecule has 0 bridgehead atoms. The first kappa shape index (κ1) is 73.1. The zero-order chi connectivity index (χ0) is 62.6. The number of thioether (sulfide) groups is 1. The molecule has 82 heavy (non-hydrogen) atoms. The maximum absolute atomic E-state index is 14.5. The number of allylic oxidation sites excluding steroid dienone is 2. The molecule has 1 aliphatic rings. The summed E-state index contributed by atoms with van der Waals surface area (Å²) in [6, 6.07) is -10.5. The van der Waals surface area contributed by atoms with Crippen LogP contribution in [0.2, 0.25) is 0 Å². The number of ketones is 1. The maximum Gasteiger partial charge on any atom is 0.322 e.